The first-order valence-corrected chi connectivity index (χ1v) is 8.25. The third-order valence-electron chi connectivity index (χ3n) is 4.21. The van der Waals surface area contributed by atoms with Gasteiger partial charge in [0.25, 0.3) is 5.91 Å². The Kier molecular flexibility index (Phi) is 7.80. The molecule has 0 aliphatic carbocycles. The second-order valence-electron chi connectivity index (χ2n) is 6.52. The van der Waals surface area contributed by atoms with Crippen molar-refractivity contribution in [2.45, 2.75) is 42.2 Å². The van der Waals surface area contributed by atoms with Gasteiger partial charge in [0.15, 0.2) is 0 Å². The topological polar surface area (TPSA) is 41.6 Å². The molecule has 1 amide bonds. The highest BCUT2D eigenvalue weighted by Gasteiger charge is 2.84. The number of carbonyl (C=O) groups is 1. The van der Waals surface area contributed by atoms with Crippen LogP contribution in [0.4, 0.5) is 57.1 Å². The number of morpholine rings is 1. The molecule has 31 heavy (non-hydrogen) atoms. The van der Waals surface area contributed by atoms with Gasteiger partial charge in [-0.15, -0.1) is 0 Å². The quantitative estimate of drug-likeness (QED) is 0.503. The molecule has 1 N–H and O–H groups in total. The van der Waals surface area contributed by atoms with Crippen LogP contribution in [0.1, 0.15) is 6.42 Å². The Labute approximate surface area is 165 Å². The van der Waals surface area contributed by atoms with Gasteiger partial charge in [-0.1, -0.05) is 0 Å². The lowest BCUT2D eigenvalue weighted by Gasteiger charge is -2.37. The molecule has 184 valence electrons. The Morgan fingerprint density at radius 2 is 1.26 bits per heavy atom. The summed E-state index contributed by atoms with van der Waals surface area (Å²) in [7, 11) is 0. The predicted molar refractivity (Wildman–Crippen MR) is 75.7 cm³/mol. The number of nitrogens with one attached hydrogen (secondary N) is 1. The minimum atomic E-state index is -7.46. The standard InChI is InChI=1S/C14H15F13N2O2/c15-9(16,7-10(17,18)14(25,26)27)12(21,22)13(23,24)11(19,20)8(30)28-1-2-29-3-5-31-6-4-29/h1-7H2,(H,28,30). The highest BCUT2D eigenvalue weighted by Crippen LogP contribution is 2.56. The zero-order chi connectivity index (χ0) is 24.5. The number of halogens is 13. The van der Waals surface area contributed by atoms with E-state index in [1.165, 1.54) is 4.90 Å². The van der Waals surface area contributed by atoms with Gasteiger partial charge in [0.05, 0.1) is 19.6 Å². The van der Waals surface area contributed by atoms with E-state index in [0.29, 0.717) is 0 Å². The maximum Gasteiger partial charge on any atom is 0.453 e. The number of hydrogen-bond acceptors (Lipinski definition) is 3. The lowest BCUT2D eigenvalue weighted by Crippen LogP contribution is -2.67. The van der Waals surface area contributed by atoms with Crippen molar-refractivity contribution in [1.29, 1.82) is 0 Å². The molecule has 0 aromatic carbocycles. The van der Waals surface area contributed by atoms with Gasteiger partial charge in [-0.3, -0.25) is 9.69 Å². The number of hydrogen-bond donors (Lipinski definition) is 1. The zero-order valence-corrected chi connectivity index (χ0v) is 15.1. The van der Waals surface area contributed by atoms with E-state index in [1.54, 1.807) is 0 Å². The van der Waals surface area contributed by atoms with Crippen molar-refractivity contribution in [3.8, 4) is 0 Å². The first kappa shape index (κ1) is 27.5. The number of rotatable bonds is 9. The van der Waals surface area contributed by atoms with Gasteiger partial charge in [0, 0.05) is 26.2 Å². The average Bonchev–Trinajstić information content (AvgIpc) is 2.60. The molecule has 1 saturated heterocycles. The molecule has 1 aliphatic heterocycles. The molecular weight excluding hydrogens is 475 g/mol. The van der Waals surface area contributed by atoms with E-state index >= 15 is 0 Å². The third kappa shape index (κ3) is 5.46. The molecule has 4 nitrogen and oxygen atoms in total. The van der Waals surface area contributed by atoms with Crippen LogP contribution in [0, 0.1) is 0 Å². The molecule has 0 spiro atoms. The minimum absolute atomic E-state index is 0.200. The second kappa shape index (κ2) is 8.78. The molecule has 0 bridgehead atoms. The van der Waals surface area contributed by atoms with E-state index < -0.39 is 54.7 Å². The number of carbonyl (C=O) groups excluding carboxylic acids is 1. The van der Waals surface area contributed by atoms with Gasteiger partial charge in [-0.05, 0) is 0 Å². The first-order chi connectivity index (χ1) is 13.7. The van der Waals surface area contributed by atoms with Crippen molar-refractivity contribution in [3.05, 3.63) is 0 Å². The van der Waals surface area contributed by atoms with E-state index in [0.717, 1.165) is 5.32 Å². The Morgan fingerprint density at radius 3 is 1.71 bits per heavy atom. The summed E-state index contributed by atoms with van der Waals surface area (Å²) in [6.07, 6.45) is -11.1. The van der Waals surface area contributed by atoms with Crippen LogP contribution in [0.25, 0.3) is 0 Å². The van der Waals surface area contributed by atoms with Crippen LogP contribution in [0.5, 0.6) is 0 Å². The molecule has 1 fully saturated rings. The molecule has 17 heteroatoms. The Bertz CT molecular complexity index is 630. The summed E-state index contributed by atoms with van der Waals surface area (Å²) in [5.74, 6) is -38.1. The highest BCUT2D eigenvalue weighted by atomic mass is 19.4. The first-order valence-electron chi connectivity index (χ1n) is 8.25. The molecule has 1 heterocycles. The lowest BCUT2D eigenvalue weighted by atomic mass is 9.94. The third-order valence-corrected chi connectivity index (χ3v) is 4.21. The summed E-state index contributed by atoms with van der Waals surface area (Å²) in [6, 6.07) is 0. The summed E-state index contributed by atoms with van der Waals surface area (Å²) in [6.45, 7) is -0.196. The summed E-state index contributed by atoms with van der Waals surface area (Å²) < 4.78 is 174. The fourth-order valence-electron chi connectivity index (χ4n) is 2.32. The minimum Gasteiger partial charge on any atom is -0.379 e. The summed E-state index contributed by atoms with van der Waals surface area (Å²) in [4.78, 5) is 12.8. The summed E-state index contributed by atoms with van der Waals surface area (Å²) in [5, 5.41) is 1.11. The van der Waals surface area contributed by atoms with Crippen molar-refractivity contribution < 1.29 is 66.6 Å². The molecule has 0 aromatic rings. The monoisotopic (exact) mass is 490 g/mol. The van der Waals surface area contributed by atoms with Crippen LogP contribution < -0.4 is 5.32 Å². The maximum absolute atomic E-state index is 13.6. The van der Waals surface area contributed by atoms with Gasteiger partial charge in [-0.2, -0.15) is 57.1 Å². The second-order valence-corrected chi connectivity index (χ2v) is 6.52. The maximum atomic E-state index is 13.6. The van der Waals surface area contributed by atoms with E-state index in [1.807, 2.05) is 0 Å². The van der Waals surface area contributed by atoms with Crippen molar-refractivity contribution in [2.75, 3.05) is 39.4 Å². The average molecular weight is 490 g/mol. The van der Waals surface area contributed by atoms with Gasteiger partial charge in [-0.25, -0.2) is 0 Å². The molecule has 1 aliphatic rings. The summed E-state index contributed by atoms with van der Waals surface area (Å²) in [5.41, 5.74) is 0. The fourth-order valence-corrected chi connectivity index (χ4v) is 2.32. The van der Waals surface area contributed by atoms with Crippen LogP contribution in [0.2, 0.25) is 0 Å². The van der Waals surface area contributed by atoms with E-state index in [4.69, 9.17) is 4.74 Å². The number of amides is 1. The fraction of sp³-hybridized carbons (Fsp3) is 0.929. The van der Waals surface area contributed by atoms with E-state index in [2.05, 4.69) is 0 Å². The number of alkyl halides is 13. The molecule has 1 rings (SSSR count). The van der Waals surface area contributed by atoms with Crippen molar-refractivity contribution in [3.63, 3.8) is 0 Å². The molecule has 0 atom stereocenters. The lowest BCUT2D eigenvalue weighted by molar-refractivity contribution is -0.377. The van der Waals surface area contributed by atoms with Crippen molar-refractivity contribution >= 4 is 5.91 Å². The van der Waals surface area contributed by atoms with Gasteiger partial charge in [0.2, 0.25) is 0 Å². The molecule has 0 saturated carbocycles. The van der Waals surface area contributed by atoms with E-state index in [-0.39, 0.29) is 32.8 Å². The normalized spacial score (nSPS) is 18.2. The van der Waals surface area contributed by atoms with Crippen LogP contribution in [0.15, 0.2) is 0 Å². The molecule has 0 aromatic heterocycles. The molecule has 0 unspecified atom stereocenters. The van der Waals surface area contributed by atoms with Crippen LogP contribution in [-0.2, 0) is 9.53 Å². The highest BCUT2D eigenvalue weighted by molar-refractivity contribution is 5.84. The van der Waals surface area contributed by atoms with Gasteiger partial charge in [0.1, 0.15) is 0 Å². The Balaban J connectivity index is 2.97. The van der Waals surface area contributed by atoms with Crippen molar-refractivity contribution in [1.82, 2.24) is 10.2 Å². The van der Waals surface area contributed by atoms with Crippen LogP contribution >= 0.6 is 0 Å². The van der Waals surface area contributed by atoms with Gasteiger partial charge >= 0.3 is 35.8 Å². The van der Waals surface area contributed by atoms with E-state index in [9.17, 15) is 61.9 Å². The number of nitrogens with zero attached hydrogens (tertiary/aromatic N) is 1. The Morgan fingerprint density at radius 1 is 0.774 bits per heavy atom. The molecular formula is C14H15F13N2O2. The zero-order valence-electron chi connectivity index (χ0n) is 15.1. The molecule has 0 radical (unpaired) electrons. The SMILES string of the molecule is O=C(NCCN1CCOCC1)C(F)(F)C(F)(F)C(F)(F)C(F)(F)CC(F)(F)C(F)(F)F. The van der Waals surface area contributed by atoms with Crippen LogP contribution in [-0.4, -0.2) is 86.0 Å². The van der Waals surface area contributed by atoms with Crippen molar-refractivity contribution in [2.24, 2.45) is 0 Å². The van der Waals surface area contributed by atoms with Gasteiger partial charge < -0.3 is 10.1 Å². The van der Waals surface area contributed by atoms with Crippen LogP contribution in [0.3, 0.4) is 0 Å². The smallest absolute Gasteiger partial charge is 0.379 e. The Hall–Kier alpha value is -1.52. The summed E-state index contributed by atoms with van der Waals surface area (Å²) >= 11 is 0. The largest absolute Gasteiger partial charge is 0.453 e. The number of ether oxygens (including phenoxy) is 1. The predicted octanol–water partition coefficient (Wildman–Crippen LogP) is 3.56.